The summed E-state index contributed by atoms with van der Waals surface area (Å²) >= 11 is 6.88. The molecule has 2 saturated heterocycles. The van der Waals surface area contributed by atoms with E-state index in [1.165, 1.54) is 11.8 Å². The molecule has 0 aromatic carbocycles. The maximum Gasteiger partial charge on any atom is 0.310 e. The van der Waals surface area contributed by atoms with E-state index in [1.807, 2.05) is 6.92 Å². The standard InChI is InChI=1S/C27H34N4O4S2/c1-4-12-30-23(29-13-8-9-18(16-29)26(34)35-5-2)20(17(3)21(15-28)24(30)32)14-22-25(33)31(27(36)37-22)19-10-6-7-11-19/h14,18-19H,4-13,16H2,1-3H3/b22-14-. The summed E-state index contributed by atoms with van der Waals surface area (Å²) in [5.41, 5.74) is 0.944. The Morgan fingerprint density at radius 1 is 1.22 bits per heavy atom. The first-order valence-electron chi connectivity index (χ1n) is 13.2. The molecule has 0 radical (unpaired) electrons. The zero-order chi connectivity index (χ0) is 26.7. The quantitative estimate of drug-likeness (QED) is 0.285. The molecule has 1 amide bonds. The zero-order valence-corrected chi connectivity index (χ0v) is 23.4. The number of carbonyl (C=O) groups is 2. The van der Waals surface area contributed by atoms with E-state index in [9.17, 15) is 19.6 Å². The highest BCUT2D eigenvalue weighted by molar-refractivity contribution is 8.26. The molecule has 1 atom stereocenters. The highest BCUT2D eigenvalue weighted by Gasteiger charge is 2.39. The topological polar surface area (TPSA) is 95.6 Å². The van der Waals surface area contributed by atoms with E-state index < -0.39 is 0 Å². The lowest BCUT2D eigenvalue weighted by Gasteiger charge is -2.36. The zero-order valence-electron chi connectivity index (χ0n) is 21.7. The van der Waals surface area contributed by atoms with Gasteiger partial charge in [-0.3, -0.25) is 23.9 Å². The summed E-state index contributed by atoms with van der Waals surface area (Å²) in [6, 6.07) is 2.23. The first kappa shape index (κ1) is 27.4. The van der Waals surface area contributed by atoms with Gasteiger partial charge in [-0.25, -0.2) is 0 Å². The number of amides is 1. The van der Waals surface area contributed by atoms with Crippen LogP contribution in [-0.4, -0.2) is 51.4 Å². The van der Waals surface area contributed by atoms with Crippen LogP contribution in [0.25, 0.3) is 6.08 Å². The second-order valence-corrected chi connectivity index (χ2v) is 11.5. The summed E-state index contributed by atoms with van der Waals surface area (Å²) in [6.07, 6.45) is 8.07. The van der Waals surface area contributed by atoms with Crippen molar-refractivity contribution < 1.29 is 14.3 Å². The fourth-order valence-electron chi connectivity index (χ4n) is 5.63. The van der Waals surface area contributed by atoms with Crippen LogP contribution in [0.2, 0.25) is 0 Å². The number of ether oxygens (including phenoxy) is 1. The van der Waals surface area contributed by atoms with Crippen molar-refractivity contribution in [1.82, 2.24) is 9.47 Å². The summed E-state index contributed by atoms with van der Waals surface area (Å²) < 4.78 is 7.50. The van der Waals surface area contributed by atoms with Gasteiger partial charge in [-0.15, -0.1) is 0 Å². The van der Waals surface area contributed by atoms with Gasteiger partial charge in [0, 0.05) is 31.2 Å². The van der Waals surface area contributed by atoms with Gasteiger partial charge in [-0.05, 0) is 57.6 Å². The second kappa shape index (κ2) is 11.8. The molecule has 3 aliphatic rings. The third-order valence-corrected chi connectivity index (χ3v) is 8.75. The van der Waals surface area contributed by atoms with E-state index in [-0.39, 0.29) is 35.0 Å². The summed E-state index contributed by atoms with van der Waals surface area (Å²) in [7, 11) is 0. The molecule has 1 aliphatic carbocycles. The Bertz CT molecular complexity index is 1230. The van der Waals surface area contributed by atoms with E-state index in [2.05, 4.69) is 11.0 Å². The smallest absolute Gasteiger partial charge is 0.310 e. The van der Waals surface area contributed by atoms with E-state index in [0.29, 0.717) is 58.8 Å². The predicted octanol–water partition coefficient (Wildman–Crippen LogP) is 4.36. The number of thioether (sulfide) groups is 1. The molecule has 4 rings (SSSR count). The van der Waals surface area contributed by atoms with Crippen LogP contribution in [-0.2, 0) is 20.9 Å². The number of piperidine rings is 1. The van der Waals surface area contributed by atoms with Crippen LogP contribution in [0.5, 0.6) is 0 Å². The Hall–Kier alpha value is -2.64. The normalized spacial score (nSPS) is 21.7. The molecule has 2 aliphatic heterocycles. The molecule has 0 N–H and O–H groups in total. The van der Waals surface area contributed by atoms with Gasteiger partial charge in [0.15, 0.2) is 0 Å². The summed E-state index contributed by atoms with van der Waals surface area (Å²) in [5.74, 6) is 0.00900. The van der Waals surface area contributed by atoms with Gasteiger partial charge in [0.1, 0.15) is 21.8 Å². The maximum absolute atomic E-state index is 13.5. The van der Waals surface area contributed by atoms with E-state index >= 15 is 0 Å². The molecule has 0 bridgehead atoms. The highest BCUT2D eigenvalue weighted by Crippen LogP contribution is 2.40. The van der Waals surface area contributed by atoms with Crippen LogP contribution in [0, 0.1) is 24.2 Å². The van der Waals surface area contributed by atoms with Gasteiger partial charge >= 0.3 is 5.97 Å². The first-order chi connectivity index (χ1) is 17.8. The average molecular weight is 543 g/mol. The summed E-state index contributed by atoms with van der Waals surface area (Å²) in [4.78, 5) is 43.8. The van der Waals surface area contributed by atoms with Gasteiger partial charge in [-0.2, -0.15) is 5.26 Å². The lowest BCUT2D eigenvalue weighted by Crippen LogP contribution is -2.43. The fraction of sp³-hybridized carbons (Fsp3) is 0.593. The Morgan fingerprint density at radius 2 is 1.95 bits per heavy atom. The predicted molar refractivity (Wildman–Crippen MR) is 149 cm³/mol. The average Bonchev–Trinajstić information content (AvgIpc) is 3.50. The fourth-order valence-corrected chi connectivity index (χ4v) is 7.01. The van der Waals surface area contributed by atoms with Gasteiger partial charge in [-0.1, -0.05) is 43.7 Å². The van der Waals surface area contributed by atoms with E-state index in [4.69, 9.17) is 17.0 Å². The molecule has 3 heterocycles. The molecule has 1 aromatic rings. The minimum absolute atomic E-state index is 0.0775. The molecule has 1 saturated carbocycles. The number of rotatable bonds is 7. The summed E-state index contributed by atoms with van der Waals surface area (Å²) in [5, 5.41) is 9.87. The number of nitriles is 1. The Morgan fingerprint density at radius 3 is 2.59 bits per heavy atom. The number of thiocarbonyl (C=S) groups is 1. The van der Waals surface area contributed by atoms with Crippen molar-refractivity contribution >= 4 is 52.1 Å². The third kappa shape index (κ3) is 5.34. The Labute approximate surface area is 227 Å². The molecule has 37 heavy (non-hydrogen) atoms. The SMILES string of the molecule is CCCn1c(N2CCCC(C(=O)OCC)C2)c(/C=C2\SC(=S)N(C3CCCC3)C2=O)c(C)c(C#N)c1=O. The maximum atomic E-state index is 13.5. The highest BCUT2D eigenvalue weighted by atomic mass is 32.2. The van der Waals surface area contributed by atoms with Crippen LogP contribution in [0.15, 0.2) is 9.70 Å². The number of pyridine rings is 1. The van der Waals surface area contributed by atoms with E-state index in [1.54, 1.807) is 29.4 Å². The minimum atomic E-state index is -0.342. The van der Waals surface area contributed by atoms with Crippen molar-refractivity contribution in [2.75, 3.05) is 24.6 Å². The van der Waals surface area contributed by atoms with E-state index in [0.717, 1.165) is 38.5 Å². The van der Waals surface area contributed by atoms with Crippen LogP contribution in [0.4, 0.5) is 5.82 Å². The second-order valence-electron chi connectivity index (χ2n) is 9.83. The number of hydrogen-bond donors (Lipinski definition) is 0. The van der Waals surface area contributed by atoms with Gasteiger partial charge in [0.05, 0.1) is 17.4 Å². The molecular formula is C27H34N4O4S2. The number of esters is 1. The molecule has 198 valence electrons. The van der Waals surface area contributed by atoms with Crippen LogP contribution < -0.4 is 10.5 Å². The number of anilines is 1. The molecule has 3 fully saturated rings. The Kier molecular flexibility index (Phi) is 8.75. The lowest BCUT2D eigenvalue weighted by molar-refractivity contribution is -0.148. The van der Waals surface area contributed by atoms with Crippen molar-refractivity contribution in [3.63, 3.8) is 0 Å². The molecule has 1 aromatic heterocycles. The number of carbonyl (C=O) groups excluding carboxylic acids is 2. The number of nitrogens with zero attached hydrogens (tertiary/aromatic N) is 4. The van der Waals surface area contributed by atoms with Crippen molar-refractivity contribution in [3.8, 4) is 6.07 Å². The van der Waals surface area contributed by atoms with Crippen molar-refractivity contribution in [1.29, 1.82) is 5.26 Å². The largest absolute Gasteiger partial charge is 0.466 e. The molecule has 1 unspecified atom stereocenters. The lowest BCUT2D eigenvalue weighted by atomic mass is 9.96. The monoisotopic (exact) mass is 542 g/mol. The van der Waals surface area contributed by atoms with Crippen LogP contribution >= 0.6 is 24.0 Å². The van der Waals surface area contributed by atoms with Gasteiger partial charge in [0.25, 0.3) is 11.5 Å². The number of hydrogen-bond acceptors (Lipinski definition) is 8. The van der Waals surface area contributed by atoms with Crippen LogP contribution in [0.1, 0.15) is 75.5 Å². The minimum Gasteiger partial charge on any atom is -0.466 e. The van der Waals surface area contributed by atoms with Gasteiger partial charge < -0.3 is 9.64 Å². The van der Waals surface area contributed by atoms with Crippen molar-refractivity contribution in [2.24, 2.45) is 5.92 Å². The summed E-state index contributed by atoms with van der Waals surface area (Å²) in [6.45, 7) is 7.35. The van der Waals surface area contributed by atoms with Crippen molar-refractivity contribution in [3.05, 3.63) is 31.9 Å². The number of aromatic nitrogens is 1. The molecule has 10 heteroatoms. The molecule has 8 nitrogen and oxygen atoms in total. The van der Waals surface area contributed by atoms with Crippen molar-refractivity contribution in [2.45, 2.75) is 78.3 Å². The molecule has 0 spiro atoms. The Balaban J connectivity index is 1.84. The van der Waals surface area contributed by atoms with Crippen LogP contribution in [0.3, 0.4) is 0 Å². The third-order valence-electron chi connectivity index (χ3n) is 7.42. The molecular weight excluding hydrogens is 508 g/mol. The van der Waals surface area contributed by atoms with Gasteiger partial charge in [0.2, 0.25) is 0 Å². The first-order valence-corrected chi connectivity index (χ1v) is 14.4.